The van der Waals surface area contributed by atoms with E-state index in [0.717, 1.165) is 11.4 Å². The summed E-state index contributed by atoms with van der Waals surface area (Å²) in [6.07, 6.45) is 0. The maximum atomic E-state index is 2.52. The summed E-state index contributed by atoms with van der Waals surface area (Å²) >= 11 is 0. The summed E-state index contributed by atoms with van der Waals surface area (Å²) in [5, 5.41) is 7.70. The van der Waals surface area contributed by atoms with Crippen molar-refractivity contribution in [3.8, 4) is 22.3 Å². The summed E-state index contributed by atoms with van der Waals surface area (Å²) in [7, 11) is 0. The van der Waals surface area contributed by atoms with Crippen molar-refractivity contribution in [2.75, 3.05) is 9.80 Å². The molecule has 0 N–H and O–H groups in total. The summed E-state index contributed by atoms with van der Waals surface area (Å²) in [5.41, 5.74) is 16.6. The van der Waals surface area contributed by atoms with Crippen molar-refractivity contribution < 1.29 is 0 Å². The first kappa shape index (κ1) is 40.9. The van der Waals surface area contributed by atoms with E-state index in [4.69, 9.17) is 0 Å². The van der Waals surface area contributed by atoms with Gasteiger partial charge in [0.2, 0.25) is 0 Å². The Hall–Kier alpha value is -7.16. The Labute approximate surface area is 379 Å². The summed E-state index contributed by atoms with van der Waals surface area (Å²) in [5.74, 6) is 0. The molecule has 10 aromatic rings. The van der Waals surface area contributed by atoms with E-state index >= 15 is 0 Å². The van der Waals surface area contributed by atoms with Crippen LogP contribution in [-0.2, 0) is 10.8 Å². The van der Waals surface area contributed by atoms with Crippen molar-refractivity contribution in [1.29, 1.82) is 0 Å². The normalized spacial score (nSPS) is 12.1. The van der Waals surface area contributed by atoms with Crippen LogP contribution >= 0.6 is 0 Å². The van der Waals surface area contributed by atoms with Crippen LogP contribution in [0.15, 0.2) is 194 Å². The number of rotatable bonds is 8. The number of benzene rings is 10. The minimum atomic E-state index is -0.152. The van der Waals surface area contributed by atoms with Crippen molar-refractivity contribution in [3.63, 3.8) is 0 Å². The summed E-state index contributed by atoms with van der Waals surface area (Å²) in [6.45, 7) is 18.7. The quantitative estimate of drug-likeness (QED) is 0.141. The highest BCUT2D eigenvalue weighted by molar-refractivity contribution is 6.29. The lowest BCUT2D eigenvalue weighted by Crippen LogP contribution is -2.18. The van der Waals surface area contributed by atoms with Gasteiger partial charge in [0.15, 0.2) is 0 Å². The van der Waals surface area contributed by atoms with Crippen molar-refractivity contribution in [2.45, 2.75) is 66.2 Å². The Balaban J connectivity index is 1.33. The average molecular weight is 829 g/mol. The third-order valence-electron chi connectivity index (χ3n) is 13.1. The lowest BCUT2D eigenvalue weighted by Gasteiger charge is -2.34. The standard InChI is InChI=1S/C62H56N2/c1-41-29-31-45(43-21-13-9-14-22-43)37-55(41)63(47-25-17-11-18-26-47)57-39-53(61(3,4)5)49-34-36-52-58(40-54(62(6,7)8)50-33-35-51(57)59(49)60(50)52)64(48-27-19-12-20-28-48)56-38-46(32-30-42(56)2)44-23-15-10-16-24-44/h9-40H,1-8H3. The summed E-state index contributed by atoms with van der Waals surface area (Å²) in [4.78, 5) is 5.03. The van der Waals surface area contributed by atoms with Gasteiger partial charge >= 0.3 is 0 Å². The van der Waals surface area contributed by atoms with Gasteiger partial charge in [0.1, 0.15) is 0 Å². The van der Waals surface area contributed by atoms with E-state index in [-0.39, 0.29) is 10.8 Å². The van der Waals surface area contributed by atoms with E-state index in [9.17, 15) is 0 Å². The highest BCUT2D eigenvalue weighted by atomic mass is 15.2. The maximum absolute atomic E-state index is 2.52. The molecule has 0 aromatic heterocycles. The number of anilines is 6. The lowest BCUT2D eigenvalue weighted by molar-refractivity contribution is 0.595. The fourth-order valence-electron chi connectivity index (χ4n) is 9.86. The molecule has 0 amide bonds. The predicted molar refractivity (Wildman–Crippen MR) is 277 cm³/mol. The molecule has 64 heavy (non-hydrogen) atoms. The SMILES string of the molecule is Cc1ccc(-c2ccccc2)cc1N(c1ccccc1)c1cc(C(C)(C)C)c2ccc3c(N(c4ccccc4)c4cc(-c5ccccc5)ccc4C)cc(C(C)(C)C)c4ccc1c2c34. The fourth-order valence-corrected chi connectivity index (χ4v) is 9.86. The molecule has 0 saturated heterocycles. The molecule has 0 radical (unpaired) electrons. The Kier molecular flexibility index (Phi) is 10.1. The molecule has 0 unspecified atom stereocenters. The lowest BCUT2D eigenvalue weighted by atomic mass is 9.77. The van der Waals surface area contributed by atoms with E-state index < -0.39 is 0 Å². The van der Waals surface area contributed by atoms with Gasteiger partial charge in [-0.2, -0.15) is 0 Å². The molecule has 0 spiro atoms. The van der Waals surface area contributed by atoms with Crippen molar-refractivity contribution in [1.82, 2.24) is 0 Å². The molecule has 0 aliphatic rings. The van der Waals surface area contributed by atoms with Gasteiger partial charge in [0, 0.05) is 33.5 Å². The van der Waals surface area contributed by atoms with Crippen LogP contribution in [0.25, 0.3) is 54.6 Å². The van der Waals surface area contributed by atoms with Crippen LogP contribution in [-0.4, -0.2) is 0 Å². The molecule has 2 nitrogen and oxygen atoms in total. The van der Waals surface area contributed by atoms with E-state index in [1.807, 2.05) is 0 Å². The van der Waals surface area contributed by atoms with Gasteiger partial charge in [-0.05, 0) is 139 Å². The number of para-hydroxylation sites is 2. The molecule has 0 aliphatic heterocycles. The second-order valence-electron chi connectivity index (χ2n) is 19.5. The van der Waals surface area contributed by atoms with Gasteiger partial charge < -0.3 is 9.80 Å². The summed E-state index contributed by atoms with van der Waals surface area (Å²) in [6, 6.07) is 71.9. The Morgan fingerprint density at radius 2 is 0.625 bits per heavy atom. The predicted octanol–water partition coefficient (Wildman–Crippen LogP) is 18.1. The first-order chi connectivity index (χ1) is 30.9. The zero-order valence-corrected chi connectivity index (χ0v) is 38.4. The molecule has 0 bridgehead atoms. The molecule has 0 fully saturated rings. The molecule has 0 saturated carbocycles. The molecular weight excluding hydrogens is 773 g/mol. The number of hydrogen-bond donors (Lipinski definition) is 0. The Bertz CT molecular complexity index is 3060. The van der Waals surface area contributed by atoms with Crippen LogP contribution < -0.4 is 9.80 Å². The Morgan fingerprint density at radius 3 is 0.969 bits per heavy atom. The van der Waals surface area contributed by atoms with Gasteiger partial charge in [-0.15, -0.1) is 0 Å². The fraction of sp³-hybridized carbons (Fsp3) is 0.161. The minimum absolute atomic E-state index is 0.152. The Morgan fingerprint density at radius 1 is 0.297 bits per heavy atom. The van der Waals surface area contributed by atoms with E-state index in [1.54, 1.807) is 0 Å². The molecule has 0 atom stereocenters. The molecule has 10 aromatic carbocycles. The zero-order valence-electron chi connectivity index (χ0n) is 38.4. The average Bonchev–Trinajstić information content (AvgIpc) is 3.30. The third-order valence-corrected chi connectivity index (χ3v) is 13.1. The van der Waals surface area contributed by atoms with Gasteiger partial charge in [-0.1, -0.05) is 187 Å². The van der Waals surface area contributed by atoms with Crippen LogP contribution in [0, 0.1) is 13.8 Å². The largest absolute Gasteiger partial charge is 0.310 e. The number of aryl methyl sites for hydroxylation is 2. The van der Waals surface area contributed by atoms with Crippen molar-refractivity contribution in [3.05, 3.63) is 216 Å². The highest BCUT2D eigenvalue weighted by Gasteiger charge is 2.30. The van der Waals surface area contributed by atoms with Gasteiger partial charge in [0.05, 0.1) is 11.4 Å². The van der Waals surface area contributed by atoms with Crippen LogP contribution in [0.5, 0.6) is 0 Å². The molecule has 10 rings (SSSR count). The monoisotopic (exact) mass is 828 g/mol. The van der Waals surface area contributed by atoms with Crippen LogP contribution in [0.3, 0.4) is 0 Å². The minimum Gasteiger partial charge on any atom is -0.310 e. The zero-order chi connectivity index (χ0) is 44.3. The number of nitrogens with zero attached hydrogens (tertiary/aromatic N) is 2. The molecule has 314 valence electrons. The second kappa shape index (κ2) is 15.9. The smallest absolute Gasteiger partial charge is 0.0543 e. The maximum Gasteiger partial charge on any atom is 0.0543 e. The van der Waals surface area contributed by atoms with Crippen LogP contribution in [0.1, 0.15) is 63.8 Å². The number of hydrogen-bond acceptors (Lipinski definition) is 2. The third kappa shape index (κ3) is 7.18. The van der Waals surface area contributed by atoms with Crippen molar-refractivity contribution in [2.24, 2.45) is 0 Å². The first-order valence-electron chi connectivity index (χ1n) is 22.7. The van der Waals surface area contributed by atoms with Crippen LogP contribution in [0.4, 0.5) is 34.1 Å². The molecule has 2 heteroatoms. The molecule has 0 aliphatic carbocycles. The van der Waals surface area contributed by atoms with Gasteiger partial charge in [-0.3, -0.25) is 0 Å². The summed E-state index contributed by atoms with van der Waals surface area (Å²) < 4.78 is 0. The molecule has 0 heterocycles. The molecular formula is C62H56N2. The van der Waals surface area contributed by atoms with E-state index in [1.165, 1.54) is 99.6 Å². The van der Waals surface area contributed by atoms with Gasteiger partial charge in [0.25, 0.3) is 0 Å². The topological polar surface area (TPSA) is 6.48 Å². The highest BCUT2D eigenvalue weighted by Crippen LogP contribution is 2.53. The van der Waals surface area contributed by atoms with E-state index in [2.05, 4.69) is 259 Å². The van der Waals surface area contributed by atoms with Crippen LogP contribution in [0.2, 0.25) is 0 Å². The van der Waals surface area contributed by atoms with E-state index in [0.29, 0.717) is 0 Å². The second-order valence-corrected chi connectivity index (χ2v) is 19.5. The van der Waals surface area contributed by atoms with Crippen molar-refractivity contribution >= 4 is 66.4 Å². The first-order valence-corrected chi connectivity index (χ1v) is 22.7. The van der Waals surface area contributed by atoms with Gasteiger partial charge in [-0.25, -0.2) is 0 Å².